The fourth-order valence-electron chi connectivity index (χ4n) is 1.73. The molecule has 0 amide bonds. The second kappa shape index (κ2) is 4.55. The number of rotatable bonds is 1. The Kier molecular flexibility index (Phi) is 2.97. The van der Waals surface area contributed by atoms with Crippen molar-refractivity contribution in [1.82, 2.24) is 19.9 Å². The van der Waals surface area contributed by atoms with Crippen LogP contribution in [0.5, 0.6) is 0 Å². The number of nitrogens with zero attached hydrogens (tertiary/aromatic N) is 3. The molecule has 0 bridgehead atoms. The fraction of sp³-hybridized carbons (Fsp3) is 0.0833. The summed E-state index contributed by atoms with van der Waals surface area (Å²) in [5, 5.41) is 0. The van der Waals surface area contributed by atoms with Gasteiger partial charge in [0.1, 0.15) is 10.4 Å². The molecule has 0 radical (unpaired) electrons. The Morgan fingerprint density at radius 2 is 1.75 bits per heavy atom. The molecule has 0 unspecified atom stereocenters. The number of alkyl halides is 3. The maximum absolute atomic E-state index is 12.5. The van der Waals surface area contributed by atoms with E-state index in [-0.39, 0.29) is 0 Å². The highest BCUT2D eigenvalue weighted by atomic mass is 79.9. The number of fused-ring (bicyclic) bond motifs is 1. The van der Waals surface area contributed by atoms with Gasteiger partial charge in [-0.2, -0.15) is 13.2 Å². The third-order valence-corrected chi connectivity index (χ3v) is 3.05. The quantitative estimate of drug-likeness (QED) is 0.731. The average Bonchev–Trinajstić information content (AvgIpc) is 2.80. The van der Waals surface area contributed by atoms with E-state index >= 15 is 0 Å². The molecule has 0 saturated carbocycles. The number of hydrogen-bond acceptors (Lipinski definition) is 3. The minimum Gasteiger partial charge on any atom is -0.321 e. The Balaban J connectivity index is 2.02. The Bertz CT molecular complexity index is 764. The van der Waals surface area contributed by atoms with Gasteiger partial charge in [-0.15, -0.1) is 0 Å². The summed E-state index contributed by atoms with van der Waals surface area (Å²) in [6, 6.07) is 4.74. The molecule has 0 aliphatic heterocycles. The van der Waals surface area contributed by atoms with Crippen molar-refractivity contribution < 1.29 is 13.2 Å². The molecule has 2 heterocycles. The van der Waals surface area contributed by atoms with Crippen LogP contribution in [0.15, 0.2) is 35.1 Å². The summed E-state index contributed by atoms with van der Waals surface area (Å²) in [5.74, 6) is 0.423. The molecular formula is C12H6BrF3N4. The van der Waals surface area contributed by atoms with Crippen LogP contribution in [0.4, 0.5) is 13.2 Å². The van der Waals surface area contributed by atoms with Gasteiger partial charge in [-0.05, 0) is 28.1 Å². The van der Waals surface area contributed by atoms with Crippen molar-refractivity contribution in [3.8, 4) is 11.4 Å². The van der Waals surface area contributed by atoms with Crippen molar-refractivity contribution in [2.75, 3.05) is 0 Å². The smallest absolute Gasteiger partial charge is 0.321 e. The van der Waals surface area contributed by atoms with Gasteiger partial charge in [0.25, 0.3) is 0 Å². The summed E-state index contributed by atoms with van der Waals surface area (Å²) >= 11 is 3.18. The summed E-state index contributed by atoms with van der Waals surface area (Å²) in [7, 11) is 0. The second-order valence-corrected chi connectivity index (χ2v) is 4.84. The van der Waals surface area contributed by atoms with Crippen molar-refractivity contribution in [2.45, 2.75) is 6.18 Å². The van der Waals surface area contributed by atoms with Crippen LogP contribution in [0.1, 0.15) is 5.56 Å². The maximum Gasteiger partial charge on any atom is 0.416 e. The molecule has 8 heteroatoms. The highest BCUT2D eigenvalue weighted by Crippen LogP contribution is 2.30. The second-order valence-electron chi connectivity index (χ2n) is 4.03. The van der Waals surface area contributed by atoms with E-state index in [9.17, 15) is 13.2 Å². The fourth-order valence-corrected chi connectivity index (χ4v) is 2.01. The molecular weight excluding hydrogens is 337 g/mol. The van der Waals surface area contributed by atoms with Crippen molar-refractivity contribution in [2.24, 2.45) is 0 Å². The van der Waals surface area contributed by atoms with Gasteiger partial charge in [-0.1, -0.05) is 12.1 Å². The molecule has 4 nitrogen and oxygen atoms in total. The van der Waals surface area contributed by atoms with Gasteiger partial charge in [0.05, 0.1) is 11.8 Å². The van der Waals surface area contributed by atoms with Crippen LogP contribution in [-0.4, -0.2) is 19.9 Å². The number of nitrogens with one attached hydrogen (secondary N) is 1. The number of hydrogen-bond donors (Lipinski definition) is 1. The van der Waals surface area contributed by atoms with E-state index in [2.05, 4.69) is 35.9 Å². The van der Waals surface area contributed by atoms with Crippen LogP contribution in [0.25, 0.3) is 22.7 Å². The van der Waals surface area contributed by atoms with Gasteiger partial charge in [0, 0.05) is 5.56 Å². The van der Waals surface area contributed by atoms with E-state index in [4.69, 9.17) is 0 Å². The Hall–Kier alpha value is -1.96. The molecule has 2 aromatic heterocycles. The highest BCUT2D eigenvalue weighted by molar-refractivity contribution is 9.10. The Morgan fingerprint density at radius 1 is 1.05 bits per heavy atom. The van der Waals surface area contributed by atoms with Gasteiger partial charge in [0.2, 0.25) is 0 Å². The van der Waals surface area contributed by atoms with Crippen LogP contribution in [-0.2, 0) is 6.18 Å². The van der Waals surface area contributed by atoms with Crippen LogP contribution >= 0.6 is 15.9 Å². The van der Waals surface area contributed by atoms with E-state index in [1.165, 1.54) is 18.3 Å². The molecule has 0 aliphatic rings. The zero-order valence-corrected chi connectivity index (χ0v) is 11.3. The van der Waals surface area contributed by atoms with E-state index in [0.717, 1.165) is 12.1 Å². The van der Waals surface area contributed by atoms with Gasteiger partial charge < -0.3 is 4.98 Å². The SMILES string of the molecule is FC(F)(F)c1ccc(-c2nc3ncc(Br)nc3[nH]2)cc1. The van der Waals surface area contributed by atoms with E-state index in [1.54, 1.807) is 0 Å². The van der Waals surface area contributed by atoms with Gasteiger partial charge in [-0.3, -0.25) is 0 Å². The standard InChI is InChI=1S/C12H6BrF3N4/c13-8-5-17-10-11(18-8)20-9(19-10)6-1-3-7(4-2-6)12(14,15)16/h1-5H,(H,17,18,19,20). The Morgan fingerprint density at radius 3 is 2.40 bits per heavy atom. The first-order valence-corrected chi connectivity index (χ1v) is 6.29. The third kappa shape index (κ3) is 2.38. The lowest BCUT2D eigenvalue weighted by Gasteiger charge is -2.06. The lowest BCUT2D eigenvalue weighted by atomic mass is 10.1. The van der Waals surface area contributed by atoms with E-state index in [0.29, 0.717) is 27.3 Å². The van der Waals surface area contributed by atoms with Crippen molar-refractivity contribution >= 4 is 27.2 Å². The first-order valence-electron chi connectivity index (χ1n) is 5.49. The van der Waals surface area contributed by atoms with Gasteiger partial charge in [-0.25, -0.2) is 15.0 Å². The summed E-state index contributed by atoms with van der Waals surface area (Å²) in [6.07, 6.45) is -2.85. The predicted molar refractivity (Wildman–Crippen MR) is 69.8 cm³/mol. The lowest BCUT2D eigenvalue weighted by molar-refractivity contribution is -0.137. The number of halogens is 4. The zero-order valence-electron chi connectivity index (χ0n) is 9.74. The number of benzene rings is 1. The van der Waals surface area contributed by atoms with E-state index < -0.39 is 11.7 Å². The van der Waals surface area contributed by atoms with Crippen LogP contribution in [0.3, 0.4) is 0 Å². The first kappa shape index (κ1) is 13.0. The summed E-state index contributed by atoms with van der Waals surface area (Å²) in [4.78, 5) is 15.3. The molecule has 0 fully saturated rings. The van der Waals surface area contributed by atoms with E-state index in [1.807, 2.05) is 0 Å². The summed E-state index contributed by atoms with van der Waals surface area (Å²) in [6.45, 7) is 0. The minimum absolute atomic E-state index is 0.406. The molecule has 0 saturated heterocycles. The molecule has 3 aromatic rings. The molecule has 20 heavy (non-hydrogen) atoms. The maximum atomic E-state index is 12.5. The minimum atomic E-state index is -4.35. The molecule has 0 atom stereocenters. The lowest BCUT2D eigenvalue weighted by Crippen LogP contribution is -2.04. The van der Waals surface area contributed by atoms with Crippen molar-refractivity contribution in [3.63, 3.8) is 0 Å². The average molecular weight is 343 g/mol. The van der Waals surface area contributed by atoms with Crippen LogP contribution < -0.4 is 0 Å². The molecule has 0 spiro atoms. The number of aromatic nitrogens is 4. The first-order chi connectivity index (χ1) is 9.43. The van der Waals surface area contributed by atoms with Crippen LogP contribution in [0, 0.1) is 0 Å². The van der Waals surface area contributed by atoms with Crippen molar-refractivity contribution in [3.05, 3.63) is 40.6 Å². The highest BCUT2D eigenvalue weighted by Gasteiger charge is 2.30. The topological polar surface area (TPSA) is 54.5 Å². The molecule has 102 valence electrons. The monoisotopic (exact) mass is 342 g/mol. The third-order valence-electron chi connectivity index (χ3n) is 2.66. The van der Waals surface area contributed by atoms with Crippen molar-refractivity contribution in [1.29, 1.82) is 0 Å². The molecule has 0 aliphatic carbocycles. The van der Waals surface area contributed by atoms with Gasteiger partial charge in [0.15, 0.2) is 11.3 Å². The van der Waals surface area contributed by atoms with Gasteiger partial charge >= 0.3 is 6.18 Å². The molecule has 3 rings (SSSR count). The molecule has 1 aromatic carbocycles. The summed E-state index contributed by atoms with van der Waals surface area (Å²) < 4.78 is 38.0. The zero-order chi connectivity index (χ0) is 14.3. The normalized spacial score (nSPS) is 12.0. The predicted octanol–water partition coefficient (Wildman–Crippen LogP) is 3.80. The van der Waals surface area contributed by atoms with Crippen LogP contribution in [0.2, 0.25) is 0 Å². The number of aromatic amines is 1. The Labute approximate surface area is 119 Å². The summed E-state index contributed by atoms with van der Waals surface area (Å²) in [5.41, 5.74) is 0.711. The largest absolute Gasteiger partial charge is 0.416 e. The number of H-pyrrole nitrogens is 1. The number of imidazole rings is 1. The molecule has 1 N–H and O–H groups in total.